The predicted octanol–water partition coefficient (Wildman–Crippen LogP) is 2.78. The number of Topliss-reactive ketones (excluding diaryl/α,β-unsaturated/α-hetero) is 1. The maximum Gasteiger partial charge on any atom is 0.272 e. The summed E-state index contributed by atoms with van der Waals surface area (Å²) in [5.74, 6) is -0.349. The van der Waals surface area contributed by atoms with Gasteiger partial charge in [0.2, 0.25) is 0 Å². The third-order valence-electron chi connectivity index (χ3n) is 2.59. The number of aromatic amines is 1. The van der Waals surface area contributed by atoms with Gasteiger partial charge in [0.1, 0.15) is 5.69 Å². The number of carbonyl (C=O) groups is 2. The van der Waals surface area contributed by atoms with Crippen LogP contribution in [0.3, 0.4) is 0 Å². The molecule has 2 aromatic rings. The minimum Gasteiger partial charge on any atom is -0.348 e. The number of rotatable bonds is 3. The maximum absolute atomic E-state index is 11.9. The van der Waals surface area contributed by atoms with Crippen LogP contribution in [0, 0.1) is 6.92 Å². The minimum atomic E-state index is -0.256. The van der Waals surface area contributed by atoms with Crippen molar-refractivity contribution in [2.75, 3.05) is 5.32 Å². The van der Waals surface area contributed by atoms with Crippen molar-refractivity contribution < 1.29 is 9.59 Å². The molecule has 0 aliphatic carbocycles. The van der Waals surface area contributed by atoms with Gasteiger partial charge in [0.05, 0.1) is 5.69 Å². The zero-order valence-electron chi connectivity index (χ0n) is 10.3. The zero-order valence-corrected chi connectivity index (χ0v) is 10.3. The molecule has 1 heterocycles. The second-order valence-electron chi connectivity index (χ2n) is 4.17. The highest BCUT2D eigenvalue weighted by atomic mass is 16.2. The summed E-state index contributed by atoms with van der Waals surface area (Å²) in [6.07, 6.45) is 0. The molecule has 0 aliphatic heterocycles. The van der Waals surface area contributed by atoms with Gasteiger partial charge < -0.3 is 10.3 Å². The smallest absolute Gasteiger partial charge is 0.272 e. The molecule has 18 heavy (non-hydrogen) atoms. The highest BCUT2D eigenvalue weighted by molar-refractivity contribution is 6.04. The van der Waals surface area contributed by atoms with E-state index in [2.05, 4.69) is 10.3 Å². The molecule has 1 aromatic heterocycles. The van der Waals surface area contributed by atoms with E-state index in [0.29, 0.717) is 11.4 Å². The zero-order chi connectivity index (χ0) is 13.1. The van der Waals surface area contributed by atoms with Crippen LogP contribution in [0.2, 0.25) is 0 Å². The van der Waals surface area contributed by atoms with Crippen LogP contribution in [0.5, 0.6) is 0 Å². The Morgan fingerprint density at radius 3 is 2.44 bits per heavy atom. The Balaban J connectivity index is 2.14. The number of aromatic nitrogens is 1. The van der Waals surface area contributed by atoms with Gasteiger partial charge in [0.15, 0.2) is 5.78 Å². The fourth-order valence-electron chi connectivity index (χ4n) is 1.65. The van der Waals surface area contributed by atoms with Gasteiger partial charge in [0.25, 0.3) is 5.91 Å². The fourth-order valence-corrected chi connectivity index (χ4v) is 1.65. The molecule has 1 aromatic carbocycles. The summed E-state index contributed by atoms with van der Waals surface area (Å²) in [7, 11) is 0. The van der Waals surface area contributed by atoms with Crippen molar-refractivity contribution in [1.29, 1.82) is 0 Å². The lowest BCUT2D eigenvalue weighted by Gasteiger charge is -2.04. The van der Waals surface area contributed by atoms with E-state index in [1.165, 1.54) is 6.92 Å². The van der Waals surface area contributed by atoms with Gasteiger partial charge in [-0.05, 0) is 36.8 Å². The lowest BCUT2D eigenvalue weighted by Crippen LogP contribution is -2.12. The molecule has 4 heteroatoms. The molecule has 0 fully saturated rings. The highest BCUT2D eigenvalue weighted by Crippen LogP contribution is 2.11. The summed E-state index contributed by atoms with van der Waals surface area (Å²) in [4.78, 5) is 25.8. The first-order chi connectivity index (χ1) is 8.56. The van der Waals surface area contributed by atoms with E-state index in [9.17, 15) is 9.59 Å². The molecule has 92 valence electrons. The maximum atomic E-state index is 11.9. The van der Waals surface area contributed by atoms with Crippen LogP contribution in [0.4, 0.5) is 5.69 Å². The van der Waals surface area contributed by atoms with Crippen LogP contribution in [0.1, 0.15) is 33.5 Å². The quantitative estimate of drug-likeness (QED) is 0.813. The number of hydrogen-bond acceptors (Lipinski definition) is 2. The Morgan fingerprint density at radius 1 is 1.11 bits per heavy atom. The number of amides is 1. The molecular weight excluding hydrogens is 228 g/mol. The highest BCUT2D eigenvalue weighted by Gasteiger charge is 2.10. The molecule has 2 rings (SSSR count). The molecule has 0 radical (unpaired) electrons. The monoisotopic (exact) mass is 242 g/mol. The largest absolute Gasteiger partial charge is 0.348 e. The summed E-state index contributed by atoms with van der Waals surface area (Å²) < 4.78 is 0. The van der Waals surface area contributed by atoms with Gasteiger partial charge in [-0.1, -0.05) is 12.1 Å². The van der Waals surface area contributed by atoms with Crippen LogP contribution in [-0.4, -0.2) is 16.7 Å². The molecule has 0 aliphatic rings. The lowest BCUT2D eigenvalue weighted by atomic mass is 10.2. The number of benzene rings is 1. The van der Waals surface area contributed by atoms with E-state index in [1.54, 1.807) is 12.1 Å². The van der Waals surface area contributed by atoms with Crippen LogP contribution in [0.15, 0.2) is 36.4 Å². The number of ketones is 1. The number of carbonyl (C=O) groups excluding carboxylic acids is 2. The SMILES string of the molecule is CC(=O)c1ccc(C(=O)Nc2cccc(C)c2)[nH]1. The summed E-state index contributed by atoms with van der Waals surface area (Å²) in [5, 5.41) is 2.77. The van der Waals surface area contributed by atoms with Crippen LogP contribution in [0.25, 0.3) is 0 Å². The van der Waals surface area contributed by atoms with Crippen molar-refractivity contribution in [1.82, 2.24) is 4.98 Å². The first-order valence-corrected chi connectivity index (χ1v) is 5.64. The van der Waals surface area contributed by atoms with Crippen LogP contribution >= 0.6 is 0 Å². The van der Waals surface area contributed by atoms with Gasteiger partial charge in [-0.2, -0.15) is 0 Å². The first kappa shape index (κ1) is 12.1. The van der Waals surface area contributed by atoms with E-state index in [0.717, 1.165) is 11.3 Å². The molecule has 0 bridgehead atoms. The van der Waals surface area contributed by atoms with Gasteiger partial charge in [-0.15, -0.1) is 0 Å². The first-order valence-electron chi connectivity index (χ1n) is 5.64. The Labute approximate surface area is 105 Å². The van der Waals surface area contributed by atoms with Crippen molar-refractivity contribution in [3.8, 4) is 0 Å². The summed E-state index contributed by atoms with van der Waals surface area (Å²) in [6, 6.07) is 10.7. The molecule has 4 nitrogen and oxygen atoms in total. The third-order valence-corrected chi connectivity index (χ3v) is 2.59. The summed E-state index contributed by atoms with van der Waals surface area (Å²) >= 11 is 0. The fraction of sp³-hybridized carbons (Fsp3) is 0.143. The Hall–Kier alpha value is -2.36. The normalized spacial score (nSPS) is 10.1. The molecule has 1 amide bonds. The number of aryl methyl sites for hydroxylation is 1. The topological polar surface area (TPSA) is 62.0 Å². The average molecular weight is 242 g/mol. The third kappa shape index (κ3) is 2.66. The van der Waals surface area contributed by atoms with Gasteiger partial charge in [-0.25, -0.2) is 0 Å². The standard InChI is InChI=1S/C14H14N2O2/c1-9-4-3-5-11(8-9)15-14(18)13-7-6-12(16-13)10(2)17/h3-8,16H,1-2H3,(H,15,18). The molecule has 0 atom stereocenters. The molecule has 0 saturated carbocycles. The van der Waals surface area contributed by atoms with Gasteiger partial charge >= 0.3 is 0 Å². The second-order valence-corrected chi connectivity index (χ2v) is 4.17. The van der Waals surface area contributed by atoms with Gasteiger partial charge in [-0.3, -0.25) is 9.59 Å². The molecule has 0 saturated heterocycles. The second kappa shape index (κ2) is 4.87. The Bertz CT molecular complexity index is 599. The van der Waals surface area contributed by atoms with Crippen molar-refractivity contribution in [2.24, 2.45) is 0 Å². The molecule has 0 spiro atoms. The summed E-state index contributed by atoms with van der Waals surface area (Å²) in [5.41, 5.74) is 2.62. The number of H-pyrrole nitrogens is 1. The van der Waals surface area contributed by atoms with Crippen molar-refractivity contribution in [3.05, 3.63) is 53.3 Å². The van der Waals surface area contributed by atoms with Crippen LogP contribution in [-0.2, 0) is 0 Å². The molecular formula is C14H14N2O2. The van der Waals surface area contributed by atoms with Crippen LogP contribution < -0.4 is 5.32 Å². The summed E-state index contributed by atoms with van der Waals surface area (Å²) in [6.45, 7) is 3.41. The van der Waals surface area contributed by atoms with E-state index in [4.69, 9.17) is 0 Å². The number of anilines is 1. The van der Waals surface area contributed by atoms with E-state index >= 15 is 0 Å². The lowest BCUT2D eigenvalue weighted by molar-refractivity contribution is 0.101. The van der Waals surface area contributed by atoms with Crippen molar-refractivity contribution in [3.63, 3.8) is 0 Å². The van der Waals surface area contributed by atoms with E-state index in [-0.39, 0.29) is 11.7 Å². The van der Waals surface area contributed by atoms with E-state index in [1.807, 2.05) is 31.2 Å². The Morgan fingerprint density at radius 2 is 1.83 bits per heavy atom. The number of hydrogen-bond donors (Lipinski definition) is 2. The Kier molecular flexibility index (Phi) is 3.28. The van der Waals surface area contributed by atoms with E-state index < -0.39 is 0 Å². The van der Waals surface area contributed by atoms with Crippen molar-refractivity contribution >= 4 is 17.4 Å². The minimum absolute atomic E-state index is 0.0930. The van der Waals surface area contributed by atoms with Crippen molar-refractivity contribution in [2.45, 2.75) is 13.8 Å². The molecule has 0 unspecified atom stereocenters. The average Bonchev–Trinajstić information content (AvgIpc) is 2.78. The number of nitrogens with one attached hydrogen (secondary N) is 2. The molecule has 2 N–H and O–H groups in total. The van der Waals surface area contributed by atoms with Gasteiger partial charge in [0, 0.05) is 12.6 Å². The predicted molar refractivity (Wildman–Crippen MR) is 69.9 cm³/mol.